The molecule has 1 aliphatic carbocycles. The molecule has 0 radical (unpaired) electrons. The third kappa shape index (κ3) is 4.92. The van der Waals surface area contributed by atoms with E-state index in [9.17, 15) is 18.4 Å². The molecule has 1 heterocycles. The number of benzene rings is 1. The number of thiazole rings is 1. The van der Waals surface area contributed by atoms with Crippen LogP contribution in [0.5, 0.6) is 0 Å². The summed E-state index contributed by atoms with van der Waals surface area (Å²) in [4.78, 5) is 29.1. The molecule has 1 aromatic heterocycles. The number of aromatic nitrogens is 1. The van der Waals surface area contributed by atoms with E-state index in [1.807, 2.05) is 0 Å². The molecular formula is C20H23F2N3O2S. The standard InChI is InChI=1S/C20H23F2N3O2S/c1-11(2)8-16(24-18(26)12-4-3-5-12)20-25-17(10-28-20)19(27)23-13-6-7-14(21)15(22)9-13/h6-7,9-12,16H,3-5,8H2,1-2H3,(H,23,27)(H,24,26)/t16-/m0/s1. The molecular weight excluding hydrogens is 384 g/mol. The first-order valence-corrected chi connectivity index (χ1v) is 10.2. The topological polar surface area (TPSA) is 71.1 Å². The van der Waals surface area contributed by atoms with Gasteiger partial charge in [-0.15, -0.1) is 11.3 Å². The van der Waals surface area contributed by atoms with Crippen LogP contribution in [0.4, 0.5) is 14.5 Å². The quantitative estimate of drug-likeness (QED) is 0.700. The highest BCUT2D eigenvalue weighted by Crippen LogP contribution is 2.30. The molecule has 3 rings (SSSR count). The summed E-state index contributed by atoms with van der Waals surface area (Å²) in [5.74, 6) is -2.07. The van der Waals surface area contributed by atoms with Gasteiger partial charge in [-0.3, -0.25) is 9.59 Å². The number of amides is 2. The number of hydrogen-bond donors (Lipinski definition) is 2. The summed E-state index contributed by atoms with van der Waals surface area (Å²) < 4.78 is 26.3. The molecule has 2 N–H and O–H groups in total. The molecule has 2 amide bonds. The van der Waals surface area contributed by atoms with E-state index >= 15 is 0 Å². The van der Waals surface area contributed by atoms with Gasteiger partial charge in [-0.05, 0) is 37.3 Å². The maximum absolute atomic E-state index is 13.3. The van der Waals surface area contributed by atoms with Gasteiger partial charge < -0.3 is 10.6 Å². The second-order valence-corrected chi connectivity index (χ2v) is 8.36. The first-order valence-electron chi connectivity index (χ1n) is 9.35. The summed E-state index contributed by atoms with van der Waals surface area (Å²) >= 11 is 1.30. The average molecular weight is 407 g/mol. The largest absolute Gasteiger partial charge is 0.347 e. The molecule has 1 atom stereocenters. The number of rotatable bonds is 7. The first kappa shape index (κ1) is 20.4. The van der Waals surface area contributed by atoms with Gasteiger partial charge in [0, 0.05) is 23.1 Å². The van der Waals surface area contributed by atoms with E-state index in [2.05, 4.69) is 29.5 Å². The van der Waals surface area contributed by atoms with Crippen molar-refractivity contribution in [3.63, 3.8) is 0 Å². The van der Waals surface area contributed by atoms with Crippen LogP contribution in [0, 0.1) is 23.5 Å². The van der Waals surface area contributed by atoms with Gasteiger partial charge in [0.15, 0.2) is 11.6 Å². The summed E-state index contributed by atoms with van der Waals surface area (Å²) in [6, 6.07) is 2.90. The molecule has 5 nitrogen and oxygen atoms in total. The van der Waals surface area contributed by atoms with E-state index in [1.54, 1.807) is 5.38 Å². The van der Waals surface area contributed by atoms with Crippen LogP contribution in [-0.2, 0) is 4.79 Å². The summed E-state index contributed by atoms with van der Waals surface area (Å²) in [5.41, 5.74) is 0.326. The Hall–Kier alpha value is -2.35. The summed E-state index contributed by atoms with van der Waals surface area (Å²) in [5, 5.41) is 7.84. The van der Waals surface area contributed by atoms with Gasteiger partial charge >= 0.3 is 0 Å². The van der Waals surface area contributed by atoms with Crippen LogP contribution in [0.2, 0.25) is 0 Å². The Morgan fingerprint density at radius 2 is 2.00 bits per heavy atom. The average Bonchev–Trinajstić information content (AvgIpc) is 3.06. The predicted octanol–water partition coefficient (Wildman–Crippen LogP) is 4.68. The van der Waals surface area contributed by atoms with Crippen molar-refractivity contribution in [2.45, 2.75) is 45.6 Å². The van der Waals surface area contributed by atoms with Gasteiger partial charge in [0.1, 0.15) is 10.7 Å². The third-order valence-corrected chi connectivity index (χ3v) is 5.69. The molecule has 1 aromatic carbocycles. The lowest BCUT2D eigenvalue weighted by Gasteiger charge is -2.27. The molecule has 0 saturated heterocycles. The number of anilines is 1. The SMILES string of the molecule is CC(C)C[C@H](NC(=O)C1CCC1)c1nc(C(=O)Nc2ccc(F)c(F)c2)cs1. The minimum atomic E-state index is -1.03. The summed E-state index contributed by atoms with van der Waals surface area (Å²) in [6.07, 6.45) is 3.63. The Balaban J connectivity index is 1.70. The Morgan fingerprint density at radius 3 is 2.61 bits per heavy atom. The number of carbonyl (C=O) groups excluding carboxylic acids is 2. The van der Waals surface area contributed by atoms with Crippen LogP contribution in [0.3, 0.4) is 0 Å². The van der Waals surface area contributed by atoms with Crippen molar-refractivity contribution in [2.24, 2.45) is 11.8 Å². The van der Waals surface area contributed by atoms with E-state index in [4.69, 9.17) is 0 Å². The van der Waals surface area contributed by atoms with Crippen molar-refractivity contribution in [1.29, 1.82) is 0 Å². The number of halogens is 2. The highest BCUT2D eigenvalue weighted by molar-refractivity contribution is 7.10. The molecule has 1 fully saturated rings. The number of nitrogens with zero attached hydrogens (tertiary/aromatic N) is 1. The monoisotopic (exact) mass is 407 g/mol. The molecule has 0 unspecified atom stereocenters. The second kappa shape index (κ2) is 8.77. The van der Waals surface area contributed by atoms with Crippen LogP contribution < -0.4 is 10.6 Å². The minimum Gasteiger partial charge on any atom is -0.347 e. The molecule has 0 bridgehead atoms. The Kier molecular flexibility index (Phi) is 6.39. The van der Waals surface area contributed by atoms with Crippen LogP contribution >= 0.6 is 11.3 Å². The van der Waals surface area contributed by atoms with Crippen LogP contribution in [-0.4, -0.2) is 16.8 Å². The lowest BCUT2D eigenvalue weighted by Crippen LogP contribution is -2.37. The zero-order valence-corrected chi connectivity index (χ0v) is 16.6. The van der Waals surface area contributed by atoms with E-state index in [-0.39, 0.29) is 29.2 Å². The highest BCUT2D eigenvalue weighted by Gasteiger charge is 2.29. The Labute approximate surface area is 166 Å². The second-order valence-electron chi connectivity index (χ2n) is 7.47. The Morgan fingerprint density at radius 1 is 1.25 bits per heavy atom. The zero-order chi connectivity index (χ0) is 20.3. The fraction of sp³-hybridized carbons (Fsp3) is 0.450. The number of hydrogen-bond acceptors (Lipinski definition) is 4. The van der Waals surface area contributed by atoms with Crippen molar-refractivity contribution in [3.8, 4) is 0 Å². The van der Waals surface area contributed by atoms with Crippen molar-refractivity contribution >= 4 is 28.8 Å². The van der Waals surface area contributed by atoms with E-state index in [0.717, 1.165) is 37.8 Å². The van der Waals surface area contributed by atoms with E-state index < -0.39 is 17.5 Å². The van der Waals surface area contributed by atoms with Crippen LogP contribution in [0.1, 0.15) is 61.1 Å². The first-order chi connectivity index (χ1) is 13.3. The molecule has 0 spiro atoms. The number of carbonyl (C=O) groups is 2. The lowest BCUT2D eigenvalue weighted by atomic mass is 9.84. The molecule has 1 saturated carbocycles. The zero-order valence-electron chi connectivity index (χ0n) is 15.8. The van der Waals surface area contributed by atoms with Crippen molar-refractivity contribution in [1.82, 2.24) is 10.3 Å². The molecule has 0 aliphatic heterocycles. The van der Waals surface area contributed by atoms with Crippen LogP contribution in [0.15, 0.2) is 23.6 Å². The Bertz CT molecular complexity index is 865. The van der Waals surface area contributed by atoms with Crippen molar-refractivity contribution < 1.29 is 18.4 Å². The molecule has 28 heavy (non-hydrogen) atoms. The van der Waals surface area contributed by atoms with Gasteiger partial charge in [-0.2, -0.15) is 0 Å². The fourth-order valence-corrected chi connectivity index (χ4v) is 3.84. The lowest BCUT2D eigenvalue weighted by molar-refractivity contribution is -0.128. The predicted molar refractivity (Wildman–Crippen MR) is 104 cm³/mol. The van der Waals surface area contributed by atoms with E-state index in [1.165, 1.54) is 17.4 Å². The van der Waals surface area contributed by atoms with Gasteiger partial charge in [0.25, 0.3) is 5.91 Å². The third-order valence-electron chi connectivity index (χ3n) is 4.73. The van der Waals surface area contributed by atoms with Gasteiger partial charge in [-0.1, -0.05) is 20.3 Å². The van der Waals surface area contributed by atoms with Gasteiger partial charge in [0.05, 0.1) is 6.04 Å². The van der Waals surface area contributed by atoms with Gasteiger partial charge in [0.2, 0.25) is 5.91 Å². The molecule has 8 heteroatoms. The van der Waals surface area contributed by atoms with Crippen LogP contribution in [0.25, 0.3) is 0 Å². The fourth-order valence-electron chi connectivity index (χ4n) is 2.97. The summed E-state index contributed by atoms with van der Waals surface area (Å²) in [7, 11) is 0. The van der Waals surface area contributed by atoms with Gasteiger partial charge in [-0.25, -0.2) is 13.8 Å². The van der Waals surface area contributed by atoms with E-state index in [0.29, 0.717) is 10.9 Å². The summed E-state index contributed by atoms with van der Waals surface area (Å²) in [6.45, 7) is 4.12. The number of nitrogens with one attached hydrogen (secondary N) is 2. The molecule has 150 valence electrons. The maximum Gasteiger partial charge on any atom is 0.275 e. The maximum atomic E-state index is 13.3. The van der Waals surface area contributed by atoms with Crippen molar-refractivity contribution in [3.05, 3.63) is 45.9 Å². The highest BCUT2D eigenvalue weighted by atomic mass is 32.1. The molecule has 1 aliphatic rings. The van der Waals surface area contributed by atoms with Crippen molar-refractivity contribution in [2.75, 3.05) is 5.32 Å². The smallest absolute Gasteiger partial charge is 0.275 e. The minimum absolute atomic E-state index is 0.0416. The molecule has 2 aromatic rings. The normalized spacial score (nSPS) is 15.2.